The lowest BCUT2D eigenvalue weighted by molar-refractivity contribution is -0.116. The summed E-state index contributed by atoms with van der Waals surface area (Å²) in [5.74, 6) is -0.873. The van der Waals surface area contributed by atoms with Crippen LogP contribution < -0.4 is 5.32 Å². The van der Waals surface area contributed by atoms with E-state index in [-0.39, 0.29) is 5.91 Å². The van der Waals surface area contributed by atoms with E-state index in [1.807, 2.05) is 18.2 Å². The number of thiophene rings is 1. The molecule has 0 aliphatic rings. The highest BCUT2D eigenvalue weighted by Gasteiger charge is 2.21. The maximum atomic E-state index is 12.1. The van der Waals surface area contributed by atoms with Crippen LogP contribution in [0.4, 0.5) is 5.69 Å². The largest absolute Gasteiger partial charge is 0.465 e. The van der Waals surface area contributed by atoms with Gasteiger partial charge in [0.05, 0.1) is 12.8 Å². The molecule has 1 amide bonds. The molecule has 0 saturated carbocycles. The number of halogens is 1. The van der Waals surface area contributed by atoms with Crippen molar-refractivity contribution in [1.82, 2.24) is 0 Å². The molecule has 2 aromatic rings. The molecule has 0 bridgehead atoms. The first kappa shape index (κ1) is 14.6. The van der Waals surface area contributed by atoms with Crippen LogP contribution in [0, 0.1) is 0 Å². The van der Waals surface area contributed by atoms with Crippen molar-refractivity contribution in [3.8, 4) is 0 Å². The first-order chi connectivity index (χ1) is 9.63. The van der Waals surface area contributed by atoms with Gasteiger partial charge in [-0.15, -0.1) is 22.9 Å². The molecule has 0 spiro atoms. The summed E-state index contributed by atoms with van der Waals surface area (Å²) in [5, 5.41) is 3.53. The number of carbonyl (C=O) groups is 2. The maximum Gasteiger partial charge on any atom is 0.350 e. The van der Waals surface area contributed by atoms with E-state index in [2.05, 4.69) is 10.1 Å². The van der Waals surface area contributed by atoms with E-state index in [0.29, 0.717) is 16.1 Å². The highest BCUT2D eigenvalue weighted by atomic mass is 35.5. The smallest absolute Gasteiger partial charge is 0.350 e. The Morgan fingerprint density at radius 1 is 1.25 bits per heavy atom. The van der Waals surface area contributed by atoms with Crippen LogP contribution >= 0.6 is 22.9 Å². The maximum absolute atomic E-state index is 12.1. The molecular weight excluding hydrogens is 298 g/mol. The van der Waals surface area contributed by atoms with Crippen LogP contribution in [0.5, 0.6) is 0 Å². The van der Waals surface area contributed by atoms with Crippen molar-refractivity contribution in [3.05, 3.63) is 52.2 Å². The van der Waals surface area contributed by atoms with E-state index < -0.39 is 11.3 Å². The van der Waals surface area contributed by atoms with E-state index in [1.165, 1.54) is 18.4 Å². The molecule has 6 heteroatoms. The number of alkyl halides is 1. The van der Waals surface area contributed by atoms with Gasteiger partial charge in [-0.05, 0) is 17.0 Å². The third-order valence-electron chi connectivity index (χ3n) is 2.62. The molecule has 0 fully saturated rings. The number of rotatable bonds is 4. The minimum absolute atomic E-state index is 0.345. The third kappa shape index (κ3) is 3.18. The monoisotopic (exact) mass is 309 g/mol. The molecule has 0 radical (unpaired) electrons. The van der Waals surface area contributed by atoms with Crippen molar-refractivity contribution in [2.75, 3.05) is 12.4 Å². The lowest BCUT2D eigenvalue weighted by Crippen LogP contribution is -2.18. The van der Waals surface area contributed by atoms with E-state index in [1.54, 1.807) is 23.6 Å². The number of methoxy groups -OCH3 is 1. The van der Waals surface area contributed by atoms with Gasteiger partial charge in [0.25, 0.3) is 0 Å². The number of nitrogens with one attached hydrogen (secondary N) is 1. The van der Waals surface area contributed by atoms with E-state index in [4.69, 9.17) is 11.6 Å². The minimum Gasteiger partial charge on any atom is -0.465 e. The lowest BCUT2D eigenvalue weighted by Gasteiger charge is -2.10. The lowest BCUT2D eigenvalue weighted by atomic mass is 10.1. The zero-order chi connectivity index (χ0) is 14.5. The second kappa shape index (κ2) is 6.54. The zero-order valence-corrected chi connectivity index (χ0v) is 12.2. The Hall–Kier alpha value is -1.85. The standard InChI is InChI=1S/C14H12ClNO3S/c1-19-14(18)12-10(7-8-20-12)16-13(17)11(15)9-5-3-2-4-6-9/h2-8,11H,1H3,(H,16,17). The Morgan fingerprint density at radius 2 is 1.95 bits per heavy atom. The van der Waals surface area contributed by atoms with Gasteiger partial charge >= 0.3 is 5.97 Å². The first-order valence-corrected chi connectivity index (χ1v) is 7.10. The van der Waals surface area contributed by atoms with Crippen LogP contribution in [0.3, 0.4) is 0 Å². The van der Waals surface area contributed by atoms with Crippen LogP contribution in [0.1, 0.15) is 20.6 Å². The van der Waals surface area contributed by atoms with Gasteiger partial charge < -0.3 is 10.1 Å². The minimum atomic E-state index is -0.818. The zero-order valence-electron chi connectivity index (χ0n) is 10.6. The molecular formula is C14H12ClNO3S. The predicted molar refractivity (Wildman–Crippen MR) is 79.3 cm³/mol. The van der Waals surface area contributed by atoms with Crippen molar-refractivity contribution in [2.45, 2.75) is 5.38 Å². The average Bonchev–Trinajstić information content (AvgIpc) is 2.94. The summed E-state index contributed by atoms with van der Waals surface area (Å²) in [6.07, 6.45) is 0. The molecule has 0 aliphatic carbocycles. The summed E-state index contributed by atoms with van der Waals surface area (Å²) in [4.78, 5) is 23.9. The average molecular weight is 310 g/mol. The second-order valence-electron chi connectivity index (χ2n) is 3.92. The molecule has 0 saturated heterocycles. The molecule has 104 valence electrons. The molecule has 1 unspecified atom stereocenters. The quantitative estimate of drug-likeness (QED) is 0.695. The summed E-state index contributed by atoms with van der Waals surface area (Å²) in [7, 11) is 1.29. The van der Waals surface area contributed by atoms with Gasteiger partial charge in [-0.2, -0.15) is 0 Å². The summed E-state index contributed by atoms with van der Waals surface area (Å²) >= 11 is 7.31. The number of amides is 1. The van der Waals surface area contributed by atoms with Crippen molar-refractivity contribution < 1.29 is 14.3 Å². The molecule has 1 N–H and O–H groups in total. The van der Waals surface area contributed by atoms with Crippen molar-refractivity contribution >= 4 is 40.5 Å². The molecule has 4 nitrogen and oxygen atoms in total. The number of benzene rings is 1. The molecule has 1 aromatic heterocycles. The number of carbonyl (C=O) groups excluding carboxylic acids is 2. The van der Waals surface area contributed by atoms with Gasteiger partial charge in [-0.25, -0.2) is 4.79 Å². The fraction of sp³-hybridized carbons (Fsp3) is 0.143. The topological polar surface area (TPSA) is 55.4 Å². The first-order valence-electron chi connectivity index (χ1n) is 5.79. The number of anilines is 1. The Kier molecular flexibility index (Phi) is 4.76. The SMILES string of the molecule is COC(=O)c1sccc1NC(=O)C(Cl)c1ccccc1. The highest BCUT2D eigenvalue weighted by molar-refractivity contribution is 7.12. The van der Waals surface area contributed by atoms with E-state index >= 15 is 0 Å². The Balaban J connectivity index is 2.13. The summed E-state index contributed by atoms with van der Waals surface area (Å²) in [6, 6.07) is 10.6. The Bertz CT molecular complexity index is 612. The third-order valence-corrected chi connectivity index (χ3v) is 3.96. The fourth-order valence-electron chi connectivity index (χ4n) is 1.63. The van der Waals surface area contributed by atoms with E-state index in [9.17, 15) is 9.59 Å². The van der Waals surface area contributed by atoms with Gasteiger partial charge in [0.2, 0.25) is 5.91 Å². The number of ether oxygens (including phenoxy) is 1. The van der Waals surface area contributed by atoms with Crippen molar-refractivity contribution in [3.63, 3.8) is 0 Å². The molecule has 0 aliphatic heterocycles. The molecule has 1 heterocycles. The van der Waals surface area contributed by atoms with Crippen LogP contribution in [-0.2, 0) is 9.53 Å². The highest BCUT2D eigenvalue weighted by Crippen LogP contribution is 2.26. The van der Waals surface area contributed by atoms with Crippen LogP contribution in [0.25, 0.3) is 0 Å². The number of hydrogen-bond acceptors (Lipinski definition) is 4. The predicted octanol–water partition coefficient (Wildman–Crippen LogP) is 3.45. The van der Waals surface area contributed by atoms with Gasteiger partial charge in [0, 0.05) is 0 Å². The van der Waals surface area contributed by atoms with Crippen LogP contribution in [-0.4, -0.2) is 19.0 Å². The summed E-state index contributed by atoms with van der Waals surface area (Å²) in [6.45, 7) is 0. The van der Waals surface area contributed by atoms with Crippen molar-refractivity contribution in [2.24, 2.45) is 0 Å². The van der Waals surface area contributed by atoms with Crippen molar-refractivity contribution in [1.29, 1.82) is 0 Å². The molecule has 1 atom stereocenters. The molecule has 1 aromatic carbocycles. The fourth-order valence-corrected chi connectivity index (χ4v) is 2.59. The number of esters is 1. The van der Waals surface area contributed by atoms with Gasteiger partial charge in [0.1, 0.15) is 10.3 Å². The summed E-state index contributed by atoms with van der Waals surface area (Å²) < 4.78 is 4.65. The van der Waals surface area contributed by atoms with Gasteiger partial charge in [0.15, 0.2) is 0 Å². The number of hydrogen-bond donors (Lipinski definition) is 1. The van der Waals surface area contributed by atoms with E-state index in [0.717, 1.165) is 0 Å². The normalized spacial score (nSPS) is 11.7. The second-order valence-corrected chi connectivity index (χ2v) is 5.27. The van der Waals surface area contributed by atoms with Gasteiger partial charge in [-0.1, -0.05) is 30.3 Å². The molecule has 20 heavy (non-hydrogen) atoms. The van der Waals surface area contributed by atoms with Crippen LogP contribution in [0.2, 0.25) is 0 Å². The summed E-state index contributed by atoms with van der Waals surface area (Å²) in [5.41, 5.74) is 1.11. The molecule has 2 rings (SSSR count). The Labute approximate surface area is 125 Å². The van der Waals surface area contributed by atoms with Gasteiger partial charge in [-0.3, -0.25) is 4.79 Å². The van der Waals surface area contributed by atoms with Crippen LogP contribution in [0.15, 0.2) is 41.8 Å². The Morgan fingerprint density at radius 3 is 2.60 bits per heavy atom.